The molecular formula is C25H26N4O4. The summed E-state index contributed by atoms with van der Waals surface area (Å²) in [6.07, 6.45) is 3.56. The number of anilines is 2. The van der Waals surface area contributed by atoms with Crippen molar-refractivity contribution in [2.24, 2.45) is 0 Å². The molecule has 1 fully saturated rings. The van der Waals surface area contributed by atoms with Gasteiger partial charge in [-0.05, 0) is 35.9 Å². The van der Waals surface area contributed by atoms with Crippen LogP contribution in [0, 0.1) is 11.3 Å². The van der Waals surface area contributed by atoms with Gasteiger partial charge >= 0.3 is 0 Å². The zero-order valence-corrected chi connectivity index (χ0v) is 18.9. The van der Waals surface area contributed by atoms with E-state index in [2.05, 4.69) is 33.0 Å². The van der Waals surface area contributed by atoms with Gasteiger partial charge in [0, 0.05) is 37.9 Å². The van der Waals surface area contributed by atoms with Crippen molar-refractivity contribution in [3.8, 4) is 23.3 Å². The second-order valence-electron chi connectivity index (χ2n) is 7.42. The lowest BCUT2D eigenvalue weighted by Gasteiger charge is -2.35. The van der Waals surface area contributed by atoms with Crippen LogP contribution in [-0.2, 0) is 0 Å². The Morgan fingerprint density at radius 3 is 2.12 bits per heavy atom. The average molecular weight is 447 g/mol. The number of hydrogen-bond donors (Lipinski definition) is 0. The lowest BCUT2D eigenvalue weighted by Crippen LogP contribution is -2.46. The summed E-state index contributed by atoms with van der Waals surface area (Å²) in [7, 11) is 4.71. The Balaban J connectivity index is 1.51. The summed E-state index contributed by atoms with van der Waals surface area (Å²) in [5.41, 5.74) is 2.30. The van der Waals surface area contributed by atoms with Gasteiger partial charge in [0.05, 0.1) is 21.3 Å². The Kier molecular flexibility index (Phi) is 6.69. The maximum atomic E-state index is 9.59. The highest BCUT2D eigenvalue weighted by molar-refractivity contribution is 5.71. The predicted molar refractivity (Wildman–Crippen MR) is 127 cm³/mol. The number of nitrogens with zero attached hydrogens (tertiary/aromatic N) is 4. The Bertz CT molecular complexity index is 1130. The van der Waals surface area contributed by atoms with E-state index < -0.39 is 0 Å². The van der Waals surface area contributed by atoms with Gasteiger partial charge in [-0.3, -0.25) is 0 Å². The number of methoxy groups -OCH3 is 3. The molecule has 0 bridgehead atoms. The molecule has 0 radical (unpaired) electrons. The van der Waals surface area contributed by atoms with Crippen LogP contribution in [0.1, 0.15) is 17.1 Å². The largest absolute Gasteiger partial charge is 0.493 e. The van der Waals surface area contributed by atoms with Crippen LogP contribution in [0.5, 0.6) is 17.2 Å². The van der Waals surface area contributed by atoms with Gasteiger partial charge in [0.2, 0.25) is 23.2 Å². The third-order valence-corrected chi connectivity index (χ3v) is 5.53. The van der Waals surface area contributed by atoms with Crippen molar-refractivity contribution in [1.29, 1.82) is 5.26 Å². The summed E-state index contributed by atoms with van der Waals surface area (Å²) in [5, 5.41) is 9.59. The zero-order valence-electron chi connectivity index (χ0n) is 18.9. The molecule has 0 unspecified atom stereocenters. The fourth-order valence-corrected chi connectivity index (χ4v) is 3.86. The summed E-state index contributed by atoms with van der Waals surface area (Å²) >= 11 is 0. The maximum absolute atomic E-state index is 9.59. The van der Waals surface area contributed by atoms with E-state index in [0.29, 0.717) is 29.0 Å². The molecule has 0 atom stereocenters. The van der Waals surface area contributed by atoms with Crippen LogP contribution in [0.4, 0.5) is 11.6 Å². The number of benzene rings is 2. The molecule has 1 aliphatic heterocycles. The number of oxazole rings is 1. The third-order valence-electron chi connectivity index (χ3n) is 5.53. The summed E-state index contributed by atoms with van der Waals surface area (Å²) in [4.78, 5) is 8.75. The van der Waals surface area contributed by atoms with E-state index in [1.165, 1.54) is 5.69 Å². The van der Waals surface area contributed by atoms with Gasteiger partial charge in [0.1, 0.15) is 6.07 Å². The van der Waals surface area contributed by atoms with Crippen LogP contribution in [0.3, 0.4) is 0 Å². The third kappa shape index (κ3) is 4.72. The summed E-state index contributed by atoms with van der Waals surface area (Å²) in [5.74, 6) is 2.50. The molecule has 2 heterocycles. The molecule has 0 aliphatic carbocycles. The predicted octanol–water partition coefficient (Wildman–Crippen LogP) is 4.07. The number of aromatic nitrogens is 1. The summed E-state index contributed by atoms with van der Waals surface area (Å²) in [6, 6.07) is 16.1. The first-order valence-electron chi connectivity index (χ1n) is 10.6. The van der Waals surface area contributed by atoms with Gasteiger partial charge in [0.15, 0.2) is 11.5 Å². The molecule has 1 aliphatic rings. The molecule has 0 amide bonds. The number of hydrogen-bond acceptors (Lipinski definition) is 8. The first-order valence-corrected chi connectivity index (χ1v) is 10.6. The number of nitriles is 1. The minimum Gasteiger partial charge on any atom is -0.493 e. The number of ether oxygens (including phenoxy) is 3. The van der Waals surface area contributed by atoms with Crippen molar-refractivity contribution < 1.29 is 18.6 Å². The highest BCUT2D eigenvalue weighted by Gasteiger charge is 2.24. The highest BCUT2D eigenvalue weighted by Crippen LogP contribution is 2.38. The number of rotatable bonds is 7. The molecule has 3 aromatic rings. The molecule has 1 aromatic heterocycles. The van der Waals surface area contributed by atoms with Crippen molar-refractivity contribution in [2.45, 2.75) is 0 Å². The molecule has 8 nitrogen and oxygen atoms in total. The van der Waals surface area contributed by atoms with Gasteiger partial charge in [-0.2, -0.15) is 10.2 Å². The van der Waals surface area contributed by atoms with Crippen LogP contribution in [0.2, 0.25) is 0 Å². The SMILES string of the molecule is COc1cc(/C=C/c2nc(C#N)c(N3CCN(c4ccccc4)CC3)o2)cc(OC)c1OC. The maximum Gasteiger partial charge on any atom is 0.235 e. The minimum atomic E-state index is 0.285. The van der Waals surface area contributed by atoms with E-state index >= 15 is 0 Å². The van der Waals surface area contributed by atoms with Crippen LogP contribution in [-0.4, -0.2) is 52.5 Å². The van der Waals surface area contributed by atoms with Crippen LogP contribution in [0.15, 0.2) is 46.9 Å². The smallest absolute Gasteiger partial charge is 0.235 e. The Morgan fingerprint density at radius 1 is 0.909 bits per heavy atom. The molecule has 33 heavy (non-hydrogen) atoms. The average Bonchev–Trinajstić information content (AvgIpc) is 3.30. The van der Waals surface area contributed by atoms with E-state index in [-0.39, 0.29) is 5.69 Å². The fourth-order valence-electron chi connectivity index (χ4n) is 3.86. The summed E-state index contributed by atoms with van der Waals surface area (Å²) in [6.45, 7) is 3.17. The van der Waals surface area contributed by atoms with Crippen molar-refractivity contribution >= 4 is 23.7 Å². The van der Waals surface area contributed by atoms with Crippen molar-refractivity contribution in [3.05, 3.63) is 59.6 Å². The molecule has 8 heteroatoms. The van der Waals surface area contributed by atoms with Gasteiger partial charge in [-0.25, -0.2) is 0 Å². The van der Waals surface area contributed by atoms with E-state index in [9.17, 15) is 5.26 Å². The highest BCUT2D eigenvalue weighted by atomic mass is 16.5. The fraction of sp³-hybridized carbons (Fsp3) is 0.280. The molecule has 170 valence electrons. The molecule has 0 saturated carbocycles. The van der Waals surface area contributed by atoms with Gasteiger partial charge in [-0.15, -0.1) is 0 Å². The molecular weight excluding hydrogens is 420 g/mol. The lowest BCUT2D eigenvalue weighted by atomic mass is 10.1. The lowest BCUT2D eigenvalue weighted by molar-refractivity contribution is 0.324. The normalized spacial score (nSPS) is 13.8. The second kappa shape index (κ2) is 10.0. The number of para-hydroxylation sites is 1. The zero-order chi connectivity index (χ0) is 23.2. The van der Waals surface area contributed by atoms with Gasteiger partial charge in [-0.1, -0.05) is 18.2 Å². The van der Waals surface area contributed by atoms with Crippen LogP contribution < -0.4 is 24.0 Å². The molecule has 0 spiro atoms. The van der Waals surface area contributed by atoms with Gasteiger partial charge < -0.3 is 28.4 Å². The van der Waals surface area contributed by atoms with E-state index in [4.69, 9.17) is 18.6 Å². The Morgan fingerprint density at radius 2 is 1.55 bits per heavy atom. The summed E-state index contributed by atoms with van der Waals surface area (Å²) < 4.78 is 22.1. The van der Waals surface area contributed by atoms with Crippen LogP contribution in [0.25, 0.3) is 12.2 Å². The van der Waals surface area contributed by atoms with Crippen molar-refractivity contribution in [2.75, 3.05) is 57.3 Å². The molecule has 0 N–H and O–H groups in total. The van der Waals surface area contributed by atoms with Crippen molar-refractivity contribution in [3.63, 3.8) is 0 Å². The molecule has 1 saturated heterocycles. The van der Waals surface area contributed by atoms with Gasteiger partial charge in [0.25, 0.3) is 0 Å². The first kappa shape index (κ1) is 22.1. The first-order chi connectivity index (χ1) is 16.2. The van der Waals surface area contributed by atoms with Crippen LogP contribution >= 0.6 is 0 Å². The van der Waals surface area contributed by atoms with Crippen molar-refractivity contribution in [1.82, 2.24) is 4.98 Å². The Labute approximate surface area is 193 Å². The van der Waals surface area contributed by atoms with E-state index in [1.54, 1.807) is 27.4 Å². The standard InChI is InChI=1S/C25H26N4O4/c1-30-21-15-18(16-22(31-2)24(21)32-3)9-10-23-27-20(17-26)25(33-23)29-13-11-28(12-14-29)19-7-5-4-6-8-19/h4-10,15-16H,11-14H2,1-3H3/b10-9+. The molecule has 4 rings (SSSR count). The number of piperazine rings is 1. The van der Waals surface area contributed by atoms with E-state index in [0.717, 1.165) is 31.7 Å². The minimum absolute atomic E-state index is 0.285. The topological polar surface area (TPSA) is 84.0 Å². The molecule has 2 aromatic carbocycles. The Hall–Kier alpha value is -4.12. The monoisotopic (exact) mass is 446 g/mol. The second-order valence-corrected chi connectivity index (χ2v) is 7.42. The quantitative estimate of drug-likeness (QED) is 0.537. The van der Waals surface area contributed by atoms with E-state index in [1.807, 2.05) is 36.4 Å².